The Balaban J connectivity index is 1.76. The SMILES string of the molecule is CC(C)(C)NC(=O)N1CCN2C(C3CC3)=CC(C(N)=O)C2C1c1ccccc1F. The molecule has 1 saturated heterocycles. The van der Waals surface area contributed by atoms with E-state index in [1.165, 1.54) is 6.07 Å². The lowest BCUT2D eigenvalue weighted by atomic mass is 9.86. The van der Waals surface area contributed by atoms with Crippen LogP contribution in [0.25, 0.3) is 0 Å². The third-order valence-corrected chi connectivity index (χ3v) is 5.94. The van der Waals surface area contributed by atoms with E-state index in [1.54, 1.807) is 23.1 Å². The fraction of sp³-hybridized carbons (Fsp3) is 0.545. The summed E-state index contributed by atoms with van der Waals surface area (Å²) < 4.78 is 14.9. The molecule has 0 spiro atoms. The molecule has 29 heavy (non-hydrogen) atoms. The second-order valence-corrected chi connectivity index (χ2v) is 9.32. The number of amides is 3. The molecular formula is C22H29FN4O2. The van der Waals surface area contributed by atoms with E-state index in [2.05, 4.69) is 10.2 Å². The molecule has 1 aliphatic carbocycles. The lowest BCUT2D eigenvalue weighted by molar-refractivity contribution is -0.122. The number of urea groups is 1. The fourth-order valence-corrected chi connectivity index (χ4v) is 4.62. The second kappa shape index (κ2) is 7.04. The van der Waals surface area contributed by atoms with E-state index in [9.17, 15) is 14.0 Å². The largest absolute Gasteiger partial charge is 0.369 e. The number of nitrogens with one attached hydrogen (secondary N) is 1. The van der Waals surface area contributed by atoms with E-state index in [-0.39, 0.29) is 17.9 Å². The highest BCUT2D eigenvalue weighted by Crippen LogP contribution is 2.49. The normalized spacial score (nSPS) is 26.8. The van der Waals surface area contributed by atoms with E-state index in [1.807, 2.05) is 26.8 Å². The molecule has 2 heterocycles. The van der Waals surface area contributed by atoms with Crippen LogP contribution in [0.1, 0.15) is 45.2 Å². The van der Waals surface area contributed by atoms with Gasteiger partial charge in [0.15, 0.2) is 0 Å². The van der Waals surface area contributed by atoms with Crippen molar-refractivity contribution in [1.82, 2.24) is 15.1 Å². The van der Waals surface area contributed by atoms with Crippen LogP contribution in [-0.4, -0.2) is 46.4 Å². The zero-order chi connectivity index (χ0) is 20.9. The Hall–Kier alpha value is -2.57. The molecule has 0 aromatic heterocycles. The van der Waals surface area contributed by atoms with Crippen LogP contribution >= 0.6 is 0 Å². The molecule has 3 aliphatic rings. The molecule has 1 aromatic carbocycles. The number of allylic oxidation sites excluding steroid dienone is 1. The van der Waals surface area contributed by atoms with E-state index < -0.39 is 23.4 Å². The number of benzene rings is 1. The molecule has 156 valence electrons. The monoisotopic (exact) mass is 400 g/mol. The van der Waals surface area contributed by atoms with Gasteiger partial charge in [-0.25, -0.2) is 9.18 Å². The number of halogens is 1. The van der Waals surface area contributed by atoms with Crippen molar-refractivity contribution in [2.45, 2.75) is 51.2 Å². The summed E-state index contributed by atoms with van der Waals surface area (Å²) >= 11 is 0. The van der Waals surface area contributed by atoms with Crippen LogP contribution < -0.4 is 11.1 Å². The maximum atomic E-state index is 14.9. The average Bonchev–Trinajstić information content (AvgIpc) is 3.39. The summed E-state index contributed by atoms with van der Waals surface area (Å²) in [5, 5.41) is 2.99. The molecule has 4 rings (SSSR count). The molecule has 2 fully saturated rings. The molecule has 2 aliphatic heterocycles. The quantitative estimate of drug-likeness (QED) is 0.819. The van der Waals surface area contributed by atoms with Crippen molar-refractivity contribution in [3.63, 3.8) is 0 Å². The first-order chi connectivity index (χ1) is 13.7. The summed E-state index contributed by atoms with van der Waals surface area (Å²) in [5.74, 6) is -0.926. The molecule has 7 heteroatoms. The molecule has 3 atom stereocenters. The Morgan fingerprint density at radius 1 is 1.17 bits per heavy atom. The third-order valence-electron chi connectivity index (χ3n) is 5.94. The molecule has 0 radical (unpaired) electrons. The maximum absolute atomic E-state index is 14.9. The number of hydrogen-bond acceptors (Lipinski definition) is 3. The zero-order valence-corrected chi connectivity index (χ0v) is 17.2. The first-order valence-corrected chi connectivity index (χ1v) is 10.3. The van der Waals surface area contributed by atoms with Gasteiger partial charge in [0.25, 0.3) is 0 Å². The highest BCUT2D eigenvalue weighted by Gasteiger charge is 2.52. The maximum Gasteiger partial charge on any atom is 0.318 e. The summed E-state index contributed by atoms with van der Waals surface area (Å²) in [6.45, 7) is 6.79. The second-order valence-electron chi connectivity index (χ2n) is 9.32. The average molecular weight is 400 g/mol. The molecular weight excluding hydrogens is 371 g/mol. The minimum Gasteiger partial charge on any atom is -0.369 e. The number of nitrogens with two attached hydrogens (primary N) is 1. The molecule has 3 amide bonds. The first-order valence-electron chi connectivity index (χ1n) is 10.3. The predicted molar refractivity (Wildman–Crippen MR) is 108 cm³/mol. The number of nitrogens with zero attached hydrogens (tertiary/aromatic N) is 2. The van der Waals surface area contributed by atoms with Crippen molar-refractivity contribution < 1.29 is 14.0 Å². The van der Waals surface area contributed by atoms with Crippen LogP contribution in [0.4, 0.5) is 9.18 Å². The minimum atomic E-state index is -0.600. The first kappa shape index (κ1) is 19.7. The standard InChI is InChI=1S/C22H29FN4O2/c1-22(2,3)25-21(29)27-11-10-26-17(13-8-9-13)12-15(20(24)28)19(26)18(27)14-6-4-5-7-16(14)23/h4-7,12-13,15,18-19H,8-11H2,1-3H3,(H2,24,28)(H,25,29). The summed E-state index contributed by atoms with van der Waals surface area (Å²) in [7, 11) is 0. The highest BCUT2D eigenvalue weighted by atomic mass is 19.1. The van der Waals surface area contributed by atoms with Gasteiger partial charge < -0.3 is 20.9 Å². The van der Waals surface area contributed by atoms with Gasteiger partial charge in [-0.1, -0.05) is 24.3 Å². The topological polar surface area (TPSA) is 78.7 Å². The summed E-state index contributed by atoms with van der Waals surface area (Å²) in [4.78, 5) is 29.4. The number of rotatable bonds is 3. The van der Waals surface area contributed by atoms with Gasteiger partial charge in [0, 0.05) is 29.9 Å². The van der Waals surface area contributed by atoms with Crippen LogP contribution in [0.15, 0.2) is 36.0 Å². The number of carbonyl (C=O) groups is 2. The summed E-state index contributed by atoms with van der Waals surface area (Å²) in [6.07, 6.45) is 4.15. The molecule has 3 unspecified atom stereocenters. The van der Waals surface area contributed by atoms with Crippen molar-refractivity contribution in [1.29, 1.82) is 0 Å². The number of piperazine rings is 1. The zero-order valence-electron chi connectivity index (χ0n) is 17.2. The fourth-order valence-electron chi connectivity index (χ4n) is 4.62. The van der Waals surface area contributed by atoms with Crippen LogP contribution in [0.2, 0.25) is 0 Å². The van der Waals surface area contributed by atoms with Gasteiger partial charge in [-0.15, -0.1) is 0 Å². The van der Waals surface area contributed by atoms with Gasteiger partial charge in [0.2, 0.25) is 5.91 Å². The van der Waals surface area contributed by atoms with Gasteiger partial charge >= 0.3 is 6.03 Å². The Kier molecular flexibility index (Phi) is 4.79. The van der Waals surface area contributed by atoms with Crippen molar-refractivity contribution >= 4 is 11.9 Å². The van der Waals surface area contributed by atoms with E-state index in [4.69, 9.17) is 5.73 Å². The predicted octanol–water partition coefficient (Wildman–Crippen LogP) is 2.77. The Morgan fingerprint density at radius 3 is 2.45 bits per heavy atom. The van der Waals surface area contributed by atoms with Crippen molar-refractivity contribution in [3.8, 4) is 0 Å². The highest BCUT2D eigenvalue weighted by molar-refractivity contribution is 5.81. The van der Waals surface area contributed by atoms with Gasteiger partial charge in [-0.3, -0.25) is 4.79 Å². The number of fused-ring (bicyclic) bond motifs is 1. The van der Waals surface area contributed by atoms with Gasteiger partial charge in [0.05, 0.1) is 18.0 Å². The molecule has 1 aromatic rings. The number of primary amides is 1. The van der Waals surface area contributed by atoms with Gasteiger partial charge in [-0.05, 0) is 45.6 Å². The summed E-state index contributed by atoms with van der Waals surface area (Å²) in [6, 6.07) is 5.25. The smallest absolute Gasteiger partial charge is 0.318 e. The molecule has 1 saturated carbocycles. The lowest BCUT2D eigenvalue weighted by Gasteiger charge is -2.48. The van der Waals surface area contributed by atoms with Gasteiger partial charge in [0.1, 0.15) is 5.82 Å². The lowest BCUT2D eigenvalue weighted by Crippen LogP contribution is -2.61. The number of carbonyl (C=O) groups excluding carboxylic acids is 2. The van der Waals surface area contributed by atoms with E-state index in [0.29, 0.717) is 24.6 Å². The third kappa shape index (κ3) is 3.70. The Morgan fingerprint density at radius 2 is 1.86 bits per heavy atom. The van der Waals surface area contributed by atoms with Crippen molar-refractivity contribution in [2.75, 3.05) is 13.1 Å². The van der Waals surface area contributed by atoms with Gasteiger partial charge in [-0.2, -0.15) is 0 Å². The van der Waals surface area contributed by atoms with Crippen LogP contribution in [-0.2, 0) is 4.79 Å². The minimum absolute atomic E-state index is 0.256. The van der Waals surface area contributed by atoms with E-state index in [0.717, 1.165) is 18.5 Å². The van der Waals surface area contributed by atoms with Crippen LogP contribution in [0.5, 0.6) is 0 Å². The summed E-state index contributed by atoms with van der Waals surface area (Å²) in [5.41, 5.74) is 6.89. The Bertz CT molecular complexity index is 859. The molecule has 6 nitrogen and oxygen atoms in total. The molecule has 0 bridgehead atoms. The van der Waals surface area contributed by atoms with E-state index >= 15 is 0 Å². The molecule has 3 N–H and O–H groups in total. The number of hydrogen-bond donors (Lipinski definition) is 2. The van der Waals surface area contributed by atoms with Crippen LogP contribution in [0, 0.1) is 17.7 Å². The Labute approximate surface area is 170 Å². The van der Waals surface area contributed by atoms with Crippen LogP contribution in [0.3, 0.4) is 0 Å². The van der Waals surface area contributed by atoms with Crippen molar-refractivity contribution in [3.05, 3.63) is 47.4 Å². The van der Waals surface area contributed by atoms with Crippen molar-refractivity contribution in [2.24, 2.45) is 17.6 Å².